The van der Waals surface area contributed by atoms with Crippen LogP contribution in [0.4, 0.5) is 6.01 Å². The number of aryl methyl sites for hydroxylation is 1. The van der Waals surface area contributed by atoms with E-state index in [1.54, 1.807) is 24.5 Å². The van der Waals surface area contributed by atoms with Crippen LogP contribution < -0.4 is 4.90 Å². The maximum absolute atomic E-state index is 13.6. The molecule has 0 spiro atoms. The molecule has 10 heteroatoms. The average Bonchev–Trinajstić information content (AvgIpc) is 3.41. The summed E-state index contributed by atoms with van der Waals surface area (Å²) in [7, 11) is 0. The topological polar surface area (TPSA) is 80.3 Å². The molecule has 1 saturated heterocycles. The Morgan fingerprint density at radius 2 is 1.88 bits per heavy atom. The summed E-state index contributed by atoms with van der Waals surface area (Å²) in [4.78, 5) is 23.7. The molecule has 1 amide bonds. The molecule has 172 valence electrons. The molecule has 1 atom stereocenters. The van der Waals surface area contributed by atoms with Gasteiger partial charge in [-0.1, -0.05) is 23.2 Å². The van der Waals surface area contributed by atoms with Crippen molar-refractivity contribution in [3.05, 3.63) is 64.9 Å². The minimum absolute atomic E-state index is 0. The molecule has 33 heavy (non-hydrogen) atoms. The zero-order valence-corrected chi connectivity index (χ0v) is 19.9. The average molecular weight is 487 g/mol. The first-order chi connectivity index (χ1) is 15.5. The number of oxazole rings is 1. The van der Waals surface area contributed by atoms with Crippen LogP contribution in [0, 0.1) is 6.92 Å². The Morgan fingerprint density at radius 1 is 1.09 bits per heavy atom. The third kappa shape index (κ3) is 4.54. The number of carbonyl (C=O) groups is 1. The summed E-state index contributed by atoms with van der Waals surface area (Å²) < 4.78 is 5.95. The maximum Gasteiger partial charge on any atom is 0.298 e. The third-order valence-electron chi connectivity index (χ3n) is 5.85. The lowest BCUT2D eigenvalue weighted by Gasteiger charge is -2.27. The minimum Gasteiger partial charge on any atom is -0.423 e. The van der Waals surface area contributed by atoms with Crippen molar-refractivity contribution in [3.8, 4) is 5.69 Å². The van der Waals surface area contributed by atoms with Gasteiger partial charge in [0.05, 0.1) is 23.6 Å². The Kier molecular flexibility index (Phi) is 6.58. The van der Waals surface area contributed by atoms with Crippen LogP contribution in [0.15, 0.2) is 53.2 Å². The summed E-state index contributed by atoms with van der Waals surface area (Å²) in [5.41, 5.74) is 3.71. The predicted molar refractivity (Wildman–Crippen MR) is 130 cm³/mol. The molecule has 1 fully saturated rings. The van der Waals surface area contributed by atoms with Crippen LogP contribution in [0.1, 0.15) is 29.3 Å². The van der Waals surface area contributed by atoms with Crippen LogP contribution >= 0.6 is 24.0 Å². The monoisotopic (exact) mass is 486 g/mol. The Balaban J connectivity index is 0.00000259. The zero-order chi connectivity index (χ0) is 22.2. The molecule has 0 radical (unpaired) electrons. The van der Waals surface area contributed by atoms with Gasteiger partial charge >= 0.3 is 0 Å². The largest absolute Gasteiger partial charge is 0.423 e. The predicted octanol–water partition coefficient (Wildman–Crippen LogP) is 4.53. The molecule has 2 aromatic heterocycles. The standard InChI is InChI=1S/C23H23ClN6O2.ClH/c1-15-3-5-20(30-25-8-9-26-30)18(13-15)22(31)29-12-11-28(10-7-16(29)2)23-27-19-14-17(24)4-6-21(19)32-23;/h3-6,8-9,13-14,16H,7,10-12H2,1-2H3;1H/t16-;/m1./s1. The number of benzene rings is 2. The second kappa shape index (κ2) is 9.41. The van der Waals surface area contributed by atoms with Gasteiger partial charge in [0.15, 0.2) is 5.58 Å². The van der Waals surface area contributed by atoms with Gasteiger partial charge in [-0.2, -0.15) is 20.0 Å². The Bertz CT molecular complexity index is 1270. The fraction of sp³-hybridized carbons (Fsp3) is 0.304. The van der Waals surface area contributed by atoms with Gasteiger partial charge < -0.3 is 14.2 Å². The highest BCUT2D eigenvalue weighted by atomic mass is 35.5. The quantitative estimate of drug-likeness (QED) is 0.423. The molecular weight excluding hydrogens is 463 g/mol. The van der Waals surface area contributed by atoms with E-state index < -0.39 is 0 Å². The van der Waals surface area contributed by atoms with Crippen LogP contribution in [0.5, 0.6) is 0 Å². The van der Waals surface area contributed by atoms with E-state index in [0.29, 0.717) is 41.0 Å². The van der Waals surface area contributed by atoms with E-state index in [2.05, 4.69) is 27.0 Å². The van der Waals surface area contributed by atoms with Gasteiger partial charge in [0.25, 0.3) is 11.9 Å². The van der Waals surface area contributed by atoms with E-state index in [1.165, 1.54) is 4.80 Å². The van der Waals surface area contributed by atoms with Gasteiger partial charge in [-0.25, -0.2) is 0 Å². The number of carbonyl (C=O) groups excluding carboxylic acids is 1. The molecule has 4 aromatic rings. The third-order valence-corrected chi connectivity index (χ3v) is 6.08. The summed E-state index contributed by atoms with van der Waals surface area (Å²) in [6, 6.07) is 11.8. The molecule has 0 bridgehead atoms. The summed E-state index contributed by atoms with van der Waals surface area (Å²) in [5.74, 6) is -0.0281. The Morgan fingerprint density at radius 3 is 2.67 bits per heavy atom. The molecule has 8 nitrogen and oxygen atoms in total. The van der Waals surface area contributed by atoms with E-state index in [4.69, 9.17) is 16.0 Å². The van der Waals surface area contributed by atoms with E-state index in [1.807, 2.05) is 36.1 Å². The Hall–Kier alpha value is -3.10. The highest BCUT2D eigenvalue weighted by molar-refractivity contribution is 6.31. The van der Waals surface area contributed by atoms with Gasteiger partial charge in [0.1, 0.15) is 5.52 Å². The van der Waals surface area contributed by atoms with Crippen LogP contribution in [0.3, 0.4) is 0 Å². The smallest absolute Gasteiger partial charge is 0.298 e. The van der Waals surface area contributed by atoms with Crippen LogP contribution in [0.25, 0.3) is 16.8 Å². The van der Waals surface area contributed by atoms with E-state index in [0.717, 1.165) is 24.0 Å². The maximum atomic E-state index is 13.6. The first-order valence-corrected chi connectivity index (χ1v) is 11.0. The number of halogens is 2. The molecule has 1 aliphatic heterocycles. The lowest BCUT2D eigenvalue weighted by Crippen LogP contribution is -2.40. The van der Waals surface area contributed by atoms with Crippen molar-refractivity contribution in [2.75, 3.05) is 24.5 Å². The second-order valence-electron chi connectivity index (χ2n) is 8.07. The number of amides is 1. The van der Waals surface area contributed by atoms with Crippen molar-refractivity contribution in [2.24, 2.45) is 0 Å². The summed E-state index contributed by atoms with van der Waals surface area (Å²) >= 11 is 6.08. The Labute approximate surface area is 202 Å². The second-order valence-corrected chi connectivity index (χ2v) is 8.51. The SMILES string of the molecule is Cc1ccc(-n2nccn2)c(C(=O)N2CCN(c3nc4cc(Cl)ccc4o3)CC[C@H]2C)c1.Cl. The molecule has 0 unspecified atom stereocenters. The van der Waals surface area contributed by atoms with Crippen molar-refractivity contribution in [1.29, 1.82) is 0 Å². The van der Waals surface area contributed by atoms with Gasteiger partial charge in [-0.15, -0.1) is 12.4 Å². The summed E-state index contributed by atoms with van der Waals surface area (Å²) in [6.45, 7) is 5.98. The lowest BCUT2D eigenvalue weighted by molar-refractivity contribution is 0.0704. The van der Waals surface area contributed by atoms with E-state index >= 15 is 0 Å². The van der Waals surface area contributed by atoms with Gasteiger partial charge in [0.2, 0.25) is 0 Å². The van der Waals surface area contributed by atoms with Crippen LogP contribution in [-0.4, -0.2) is 56.5 Å². The van der Waals surface area contributed by atoms with Crippen LogP contribution in [-0.2, 0) is 0 Å². The number of nitrogens with zero attached hydrogens (tertiary/aromatic N) is 6. The van der Waals surface area contributed by atoms with Crippen molar-refractivity contribution in [1.82, 2.24) is 24.9 Å². The summed E-state index contributed by atoms with van der Waals surface area (Å²) in [6.07, 6.45) is 4.01. The van der Waals surface area contributed by atoms with Crippen LogP contribution in [0.2, 0.25) is 5.02 Å². The normalized spacial score (nSPS) is 16.5. The zero-order valence-electron chi connectivity index (χ0n) is 18.3. The molecule has 0 aliphatic carbocycles. The number of hydrogen-bond donors (Lipinski definition) is 0. The number of rotatable bonds is 3. The molecule has 0 N–H and O–H groups in total. The molecule has 5 rings (SSSR count). The molecule has 2 aromatic carbocycles. The lowest BCUT2D eigenvalue weighted by atomic mass is 10.1. The molecular formula is C23H24Cl2N6O2. The first-order valence-electron chi connectivity index (χ1n) is 10.6. The highest BCUT2D eigenvalue weighted by Crippen LogP contribution is 2.27. The van der Waals surface area contributed by atoms with E-state index in [-0.39, 0.29) is 24.4 Å². The number of anilines is 1. The fourth-order valence-electron chi connectivity index (χ4n) is 4.07. The fourth-order valence-corrected chi connectivity index (χ4v) is 4.23. The first kappa shape index (κ1) is 23.1. The van der Waals surface area contributed by atoms with Gasteiger partial charge in [-0.3, -0.25) is 4.79 Å². The molecule has 0 saturated carbocycles. The highest BCUT2D eigenvalue weighted by Gasteiger charge is 2.29. The summed E-state index contributed by atoms with van der Waals surface area (Å²) in [5, 5.41) is 9.06. The van der Waals surface area contributed by atoms with Gasteiger partial charge in [-0.05, 0) is 50.6 Å². The van der Waals surface area contributed by atoms with Crippen molar-refractivity contribution >= 4 is 47.0 Å². The number of fused-ring (bicyclic) bond motifs is 1. The van der Waals surface area contributed by atoms with Crippen molar-refractivity contribution in [3.63, 3.8) is 0 Å². The molecule has 3 heterocycles. The number of aromatic nitrogens is 4. The van der Waals surface area contributed by atoms with Crippen molar-refractivity contribution in [2.45, 2.75) is 26.3 Å². The van der Waals surface area contributed by atoms with Gasteiger partial charge in [0, 0.05) is 30.7 Å². The molecule has 1 aliphatic rings. The van der Waals surface area contributed by atoms with E-state index in [9.17, 15) is 4.79 Å². The number of hydrogen-bond acceptors (Lipinski definition) is 6. The minimum atomic E-state index is -0.0281. The van der Waals surface area contributed by atoms with Crippen molar-refractivity contribution < 1.29 is 9.21 Å².